The van der Waals surface area contributed by atoms with E-state index in [9.17, 15) is 48.6 Å². The smallest absolute Gasteiger partial charge is 0.328 e. The number of aliphatic hydroxyl groups excluding tert-OH is 2. The van der Waals surface area contributed by atoms with E-state index < -0.39 is 114 Å². The van der Waals surface area contributed by atoms with Crippen LogP contribution in [-0.2, 0) is 43.1 Å². The molecule has 1 heterocycles. The predicted molar refractivity (Wildman–Crippen MR) is 244 cm³/mol. The Morgan fingerprint density at radius 2 is 1.15 bits per heavy atom. The normalized spacial score (nSPS) is 24.7. The van der Waals surface area contributed by atoms with Crippen LogP contribution in [-0.4, -0.2) is 125 Å². The molecule has 11 unspecified atom stereocenters. The highest BCUT2D eigenvalue weighted by molar-refractivity contribution is 5.97. The molecule has 1 fully saturated rings. The Labute approximate surface area is 384 Å². The highest BCUT2D eigenvalue weighted by Gasteiger charge is 2.39. The number of guanidine groups is 1. The van der Waals surface area contributed by atoms with Gasteiger partial charge >= 0.3 is 5.97 Å². The maximum atomic E-state index is 14.1. The summed E-state index contributed by atoms with van der Waals surface area (Å²) in [6, 6.07) is -8.67. The largest absolute Gasteiger partial charge is 0.458 e. The Morgan fingerprint density at radius 3 is 1.65 bits per heavy atom. The van der Waals surface area contributed by atoms with Gasteiger partial charge in [-0.3, -0.25) is 38.6 Å². The number of amides is 7. The zero-order valence-corrected chi connectivity index (χ0v) is 39.6. The van der Waals surface area contributed by atoms with Crippen LogP contribution in [0.4, 0.5) is 0 Å². The Morgan fingerprint density at radius 1 is 0.677 bits per heavy atom. The first-order valence-corrected chi connectivity index (χ1v) is 23.3. The number of nitrogens with zero attached hydrogens (tertiary/aromatic N) is 1. The van der Waals surface area contributed by atoms with Crippen molar-refractivity contribution < 1.29 is 53.3 Å². The van der Waals surface area contributed by atoms with Gasteiger partial charge in [0.2, 0.25) is 41.4 Å². The van der Waals surface area contributed by atoms with Crippen LogP contribution in [0.2, 0.25) is 0 Å². The summed E-state index contributed by atoms with van der Waals surface area (Å²) in [5.41, 5.74) is 16.0. The number of esters is 1. The topological polar surface area (TPSA) is 349 Å². The number of unbranched alkanes of at least 4 members (excludes halogenated alkanes) is 9. The number of aliphatic imine (C=N–C) groups is 1. The lowest BCUT2D eigenvalue weighted by Gasteiger charge is -2.32. The van der Waals surface area contributed by atoms with Gasteiger partial charge in [0.25, 0.3) is 0 Å². The van der Waals surface area contributed by atoms with Crippen molar-refractivity contribution in [2.75, 3.05) is 6.54 Å². The summed E-state index contributed by atoms with van der Waals surface area (Å²) in [5.74, 6) is -7.97. The van der Waals surface area contributed by atoms with Crippen LogP contribution in [0.1, 0.15) is 151 Å². The van der Waals surface area contributed by atoms with Crippen molar-refractivity contribution in [2.24, 2.45) is 34.0 Å². The number of nitrogens with one attached hydrogen (secondary N) is 6. The molecule has 1 rings (SSSR count). The zero-order chi connectivity index (χ0) is 49.2. The quantitative estimate of drug-likeness (QED) is 0.0261. The van der Waals surface area contributed by atoms with Crippen LogP contribution in [0.25, 0.3) is 0 Å². The molecule has 65 heavy (non-hydrogen) atoms. The summed E-state index contributed by atoms with van der Waals surface area (Å²) in [6.07, 6.45) is 6.20. The van der Waals surface area contributed by atoms with Gasteiger partial charge < -0.3 is 64.1 Å². The molecule has 0 spiro atoms. The minimum atomic E-state index is -1.64. The van der Waals surface area contributed by atoms with Crippen LogP contribution in [0.15, 0.2) is 4.99 Å². The highest BCUT2D eigenvalue weighted by Crippen LogP contribution is 2.16. The SMILES string of the molecule is CCC(C)C1NC(=O)C(C(C)CC)NC(=O)C(NC(=O)CC(O)CCCCCCCCCCCCN=C(N)N)C(C)OC(=O)C(C)NC(=O)C(CCC(N)=O)NC(=O)C(C(C)O)NC1=O. The van der Waals surface area contributed by atoms with Gasteiger partial charge in [-0.25, -0.2) is 4.79 Å². The third kappa shape index (κ3) is 22.6. The van der Waals surface area contributed by atoms with Gasteiger partial charge in [-0.1, -0.05) is 98.3 Å². The molecular weight excluding hydrogens is 845 g/mol. The number of nitrogens with two attached hydrogens (primary N) is 3. The van der Waals surface area contributed by atoms with E-state index in [0.29, 0.717) is 32.2 Å². The molecule has 1 aliphatic rings. The van der Waals surface area contributed by atoms with Gasteiger partial charge in [-0.15, -0.1) is 0 Å². The minimum absolute atomic E-state index is 0.113. The van der Waals surface area contributed by atoms with Gasteiger partial charge in [0.1, 0.15) is 42.4 Å². The molecule has 0 aliphatic carbocycles. The van der Waals surface area contributed by atoms with Crippen LogP contribution >= 0.6 is 0 Å². The van der Waals surface area contributed by atoms with Crippen molar-refractivity contribution in [2.45, 2.75) is 206 Å². The van der Waals surface area contributed by atoms with E-state index in [1.54, 1.807) is 27.7 Å². The van der Waals surface area contributed by atoms with E-state index in [1.807, 2.05) is 0 Å². The molecule has 7 amide bonds. The number of carbonyl (C=O) groups excluding carboxylic acids is 8. The second-order valence-electron chi connectivity index (χ2n) is 17.4. The number of carbonyl (C=O) groups is 8. The molecular formula is C44H80N10O11. The third-order valence-corrected chi connectivity index (χ3v) is 11.7. The molecule has 0 saturated carbocycles. The summed E-state index contributed by atoms with van der Waals surface area (Å²) in [6.45, 7) is 11.4. The zero-order valence-electron chi connectivity index (χ0n) is 39.6. The molecule has 11 atom stereocenters. The van der Waals surface area contributed by atoms with Crippen molar-refractivity contribution in [3.8, 4) is 0 Å². The van der Waals surface area contributed by atoms with Crippen LogP contribution in [0.3, 0.4) is 0 Å². The molecule has 0 aromatic rings. The number of rotatable bonds is 24. The number of hydrogen-bond donors (Lipinski definition) is 11. The van der Waals surface area contributed by atoms with Gasteiger partial charge in [0.05, 0.1) is 18.6 Å². The van der Waals surface area contributed by atoms with Crippen LogP contribution in [0.5, 0.6) is 0 Å². The van der Waals surface area contributed by atoms with E-state index in [1.165, 1.54) is 20.8 Å². The first-order chi connectivity index (χ1) is 30.6. The summed E-state index contributed by atoms with van der Waals surface area (Å²) in [7, 11) is 0. The van der Waals surface area contributed by atoms with Crippen molar-refractivity contribution in [3.63, 3.8) is 0 Å². The third-order valence-electron chi connectivity index (χ3n) is 11.7. The van der Waals surface area contributed by atoms with Crippen LogP contribution < -0.4 is 49.1 Å². The minimum Gasteiger partial charge on any atom is -0.458 e. The first-order valence-electron chi connectivity index (χ1n) is 23.3. The summed E-state index contributed by atoms with van der Waals surface area (Å²) < 4.78 is 5.60. The van der Waals surface area contributed by atoms with Gasteiger partial charge in [-0.05, 0) is 51.9 Å². The number of cyclic esters (lactones) is 1. The first kappa shape index (κ1) is 58.0. The van der Waals surface area contributed by atoms with E-state index >= 15 is 0 Å². The second-order valence-corrected chi connectivity index (χ2v) is 17.4. The van der Waals surface area contributed by atoms with Crippen molar-refractivity contribution in [3.05, 3.63) is 0 Å². The fourth-order valence-corrected chi connectivity index (χ4v) is 7.14. The summed E-state index contributed by atoms with van der Waals surface area (Å²) in [5, 5.41) is 36.6. The molecule has 14 N–H and O–H groups in total. The second kappa shape index (κ2) is 31.0. The Hall–Kier alpha value is -5.05. The average molecular weight is 925 g/mol. The lowest BCUT2D eigenvalue weighted by molar-refractivity contribution is -0.155. The monoisotopic (exact) mass is 925 g/mol. The fourth-order valence-electron chi connectivity index (χ4n) is 7.14. The predicted octanol–water partition coefficient (Wildman–Crippen LogP) is -0.0856. The maximum absolute atomic E-state index is 14.1. The average Bonchev–Trinajstić information content (AvgIpc) is 3.24. The Balaban J connectivity index is 3.30. The molecule has 0 bridgehead atoms. The molecule has 21 nitrogen and oxygen atoms in total. The van der Waals surface area contributed by atoms with Gasteiger partial charge in [-0.2, -0.15) is 0 Å². The lowest BCUT2D eigenvalue weighted by atomic mass is 9.94. The Bertz CT molecular complexity index is 1580. The molecule has 0 aromatic heterocycles. The van der Waals surface area contributed by atoms with Crippen molar-refractivity contribution >= 4 is 53.3 Å². The standard InChI is InChI=1S/C44H80N10O11/c1-8-25(3)34-39(60)52-35(26(4)9-2)40(61)54-36(28(6)55)41(62)50-31(21-22-32(45)57)38(59)49-27(5)43(64)65-29(7)37(42(63)53-34)51-33(58)24-30(56)20-18-16-14-12-10-11-13-15-17-19-23-48-44(46)47/h25-31,34-37,55-56H,8-24H2,1-7H3,(H2,45,57)(H,49,59)(H,50,62)(H,51,58)(H,52,60)(H,53,63)(H,54,61)(H4,46,47,48). The number of aliphatic hydroxyl groups is 2. The number of ether oxygens (including phenoxy) is 1. The van der Waals surface area contributed by atoms with Gasteiger partial charge in [0, 0.05) is 13.0 Å². The lowest BCUT2D eigenvalue weighted by Crippen LogP contribution is -2.63. The Kier molecular flexibility index (Phi) is 27.6. The summed E-state index contributed by atoms with van der Waals surface area (Å²) >= 11 is 0. The molecule has 1 saturated heterocycles. The van der Waals surface area contributed by atoms with E-state index in [0.717, 1.165) is 57.8 Å². The maximum Gasteiger partial charge on any atom is 0.328 e. The van der Waals surface area contributed by atoms with Crippen molar-refractivity contribution in [1.82, 2.24) is 31.9 Å². The van der Waals surface area contributed by atoms with E-state index in [-0.39, 0.29) is 25.2 Å². The van der Waals surface area contributed by atoms with E-state index in [2.05, 4.69) is 36.9 Å². The van der Waals surface area contributed by atoms with E-state index in [4.69, 9.17) is 21.9 Å². The van der Waals surface area contributed by atoms with Crippen molar-refractivity contribution in [1.29, 1.82) is 0 Å². The van der Waals surface area contributed by atoms with Gasteiger partial charge in [0.15, 0.2) is 5.96 Å². The fraction of sp³-hybridized carbons (Fsp3) is 0.795. The highest BCUT2D eigenvalue weighted by atomic mass is 16.5. The molecule has 0 aromatic carbocycles. The number of hydrogen-bond acceptors (Lipinski definition) is 12. The molecule has 1 aliphatic heterocycles. The summed E-state index contributed by atoms with van der Waals surface area (Å²) in [4.78, 5) is 112. The number of primary amides is 1. The molecule has 21 heteroatoms. The molecule has 0 radical (unpaired) electrons. The molecule has 372 valence electrons. The van der Waals surface area contributed by atoms with Crippen LogP contribution in [0, 0.1) is 11.8 Å².